The second-order valence-electron chi connectivity index (χ2n) is 2.58. The highest BCUT2D eigenvalue weighted by molar-refractivity contribution is 5.88. The molecule has 1 atom stereocenters. The molecule has 0 aromatic heterocycles. The van der Waals surface area contributed by atoms with Gasteiger partial charge in [-0.1, -0.05) is 12.2 Å². The van der Waals surface area contributed by atoms with Crippen molar-refractivity contribution in [2.24, 2.45) is 0 Å². The van der Waals surface area contributed by atoms with Crippen LogP contribution in [-0.4, -0.2) is 22.0 Å². The second kappa shape index (κ2) is 1.98. The van der Waals surface area contributed by atoms with Gasteiger partial charge in [0.15, 0.2) is 5.76 Å². The lowest BCUT2D eigenvalue weighted by Gasteiger charge is -2.24. The number of hydrogen-bond donors (Lipinski definition) is 2. The molecule has 0 saturated carbocycles. The zero-order valence-electron chi connectivity index (χ0n) is 6.02. The van der Waals surface area contributed by atoms with Crippen LogP contribution in [0.4, 0.5) is 0 Å². The van der Waals surface area contributed by atoms with Crippen LogP contribution >= 0.6 is 0 Å². The first-order valence-corrected chi connectivity index (χ1v) is 3.38. The normalized spacial score (nSPS) is 32.2. The number of fused-ring (bicyclic) bond motifs is 1. The molecular formula is C8H6O4. The van der Waals surface area contributed by atoms with Crippen LogP contribution < -0.4 is 0 Å². The Morgan fingerprint density at radius 3 is 2.92 bits per heavy atom. The van der Waals surface area contributed by atoms with E-state index >= 15 is 0 Å². The summed E-state index contributed by atoms with van der Waals surface area (Å²) in [5.41, 5.74) is 0.257. The third-order valence-electron chi connectivity index (χ3n) is 1.79. The zero-order chi connectivity index (χ0) is 8.77. The summed E-state index contributed by atoms with van der Waals surface area (Å²) in [6, 6.07) is 0. The van der Waals surface area contributed by atoms with Gasteiger partial charge in [-0.2, -0.15) is 0 Å². The fraction of sp³-hybridized carbons (Fsp3) is 0.125. The Labute approximate surface area is 68.1 Å². The first-order chi connectivity index (χ1) is 5.63. The molecule has 0 fully saturated rings. The summed E-state index contributed by atoms with van der Waals surface area (Å²) in [6.45, 7) is 0. The summed E-state index contributed by atoms with van der Waals surface area (Å²) in [5.74, 6) is -2.97. The molecule has 4 nitrogen and oxygen atoms in total. The van der Waals surface area contributed by atoms with Crippen molar-refractivity contribution in [2.75, 3.05) is 0 Å². The Morgan fingerprint density at radius 2 is 2.25 bits per heavy atom. The van der Waals surface area contributed by atoms with Crippen LogP contribution in [0.5, 0.6) is 0 Å². The summed E-state index contributed by atoms with van der Waals surface area (Å²) in [7, 11) is 0. The van der Waals surface area contributed by atoms with Gasteiger partial charge >= 0.3 is 5.97 Å². The van der Waals surface area contributed by atoms with Crippen LogP contribution in [0.1, 0.15) is 0 Å². The number of carbonyl (C=O) groups excluding carboxylic acids is 1. The number of aliphatic hydroxyl groups is 2. The van der Waals surface area contributed by atoms with E-state index in [0.717, 1.165) is 6.08 Å². The smallest absolute Gasteiger partial charge is 0.334 e. The lowest BCUT2D eigenvalue weighted by Crippen LogP contribution is -2.34. The SMILES string of the molecule is O=C1C=C2C=CC=C(O)C2(O)O1. The monoisotopic (exact) mass is 166 g/mol. The van der Waals surface area contributed by atoms with Gasteiger partial charge in [-0.25, -0.2) is 4.79 Å². The zero-order valence-corrected chi connectivity index (χ0v) is 6.02. The molecule has 2 aliphatic rings. The molecule has 0 aromatic rings. The summed E-state index contributed by atoms with van der Waals surface area (Å²) < 4.78 is 4.52. The van der Waals surface area contributed by atoms with Crippen molar-refractivity contribution >= 4 is 5.97 Å². The first kappa shape index (κ1) is 7.12. The largest absolute Gasteiger partial charge is 0.506 e. The molecule has 1 aliphatic heterocycles. The lowest BCUT2D eigenvalue weighted by molar-refractivity contribution is -0.176. The van der Waals surface area contributed by atoms with E-state index in [4.69, 9.17) is 0 Å². The molecule has 1 aliphatic carbocycles. The Balaban J connectivity index is 2.53. The van der Waals surface area contributed by atoms with Crippen LogP contribution in [0, 0.1) is 0 Å². The molecule has 62 valence electrons. The van der Waals surface area contributed by atoms with Crippen molar-refractivity contribution in [3.05, 3.63) is 35.6 Å². The van der Waals surface area contributed by atoms with E-state index in [-0.39, 0.29) is 11.3 Å². The standard InChI is InChI=1S/C8H6O4/c9-6-3-1-2-5-4-7(10)12-8(5,6)11/h1-4,9,11H. The van der Waals surface area contributed by atoms with Gasteiger partial charge in [0.2, 0.25) is 0 Å². The van der Waals surface area contributed by atoms with Crippen molar-refractivity contribution in [1.29, 1.82) is 0 Å². The van der Waals surface area contributed by atoms with Crippen LogP contribution in [-0.2, 0) is 9.53 Å². The number of aliphatic hydroxyl groups excluding tert-OH is 1. The molecule has 0 spiro atoms. The predicted molar refractivity (Wildman–Crippen MR) is 39.0 cm³/mol. The maximum atomic E-state index is 10.7. The Bertz CT molecular complexity index is 337. The van der Waals surface area contributed by atoms with E-state index in [0.29, 0.717) is 0 Å². The minimum absolute atomic E-state index is 0.257. The maximum Gasteiger partial charge on any atom is 0.334 e. The minimum atomic E-state index is -1.94. The maximum absolute atomic E-state index is 10.7. The van der Waals surface area contributed by atoms with Gasteiger partial charge in [0, 0.05) is 11.6 Å². The lowest BCUT2D eigenvalue weighted by atomic mass is 10.0. The third-order valence-corrected chi connectivity index (χ3v) is 1.79. The Kier molecular flexibility index (Phi) is 1.18. The number of ether oxygens (including phenoxy) is 1. The van der Waals surface area contributed by atoms with Gasteiger partial charge < -0.3 is 14.9 Å². The van der Waals surface area contributed by atoms with Crippen LogP contribution in [0.15, 0.2) is 35.6 Å². The van der Waals surface area contributed by atoms with Crippen molar-refractivity contribution in [1.82, 2.24) is 0 Å². The van der Waals surface area contributed by atoms with E-state index in [2.05, 4.69) is 4.74 Å². The second-order valence-corrected chi connectivity index (χ2v) is 2.58. The van der Waals surface area contributed by atoms with Crippen LogP contribution in [0.25, 0.3) is 0 Å². The highest BCUT2D eigenvalue weighted by Gasteiger charge is 2.45. The van der Waals surface area contributed by atoms with Crippen LogP contribution in [0.2, 0.25) is 0 Å². The van der Waals surface area contributed by atoms with Crippen molar-refractivity contribution in [3.63, 3.8) is 0 Å². The summed E-state index contributed by atoms with van der Waals surface area (Å²) in [5, 5.41) is 18.8. The first-order valence-electron chi connectivity index (χ1n) is 3.38. The molecule has 0 amide bonds. The number of hydrogen-bond acceptors (Lipinski definition) is 4. The van der Waals surface area contributed by atoms with Gasteiger partial charge in [-0.05, 0) is 6.08 Å². The van der Waals surface area contributed by atoms with Crippen molar-refractivity contribution in [3.8, 4) is 0 Å². The average molecular weight is 166 g/mol. The summed E-state index contributed by atoms with van der Waals surface area (Å²) in [4.78, 5) is 10.7. The minimum Gasteiger partial charge on any atom is -0.506 e. The molecule has 2 rings (SSSR count). The van der Waals surface area contributed by atoms with Crippen molar-refractivity contribution in [2.45, 2.75) is 5.79 Å². The molecule has 0 aromatic carbocycles. The number of allylic oxidation sites excluding steroid dienone is 2. The van der Waals surface area contributed by atoms with E-state index in [9.17, 15) is 15.0 Å². The van der Waals surface area contributed by atoms with E-state index in [1.54, 1.807) is 0 Å². The molecule has 12 heavy (non-hydrogen) atoms. The Hall–Kier alpha value is -1.55. The van der Waals surface area contributed by atoms with Crippen LogP contribution in [0.3, 0.4) is 0 Å². The highest BCUT2D eigenvalue weighted by atomic mass is 16.7. The van der Waals surface area contributed by atoms with Gasteiger partial charge in [-0.3, -0.25) is 0 Å². The Morgan fingerprint density at radius 1 is 1.50 bits per heavy atom. The molecule has 2 N–H and O–H groups in total. The van der Waals surface area contributed by atoms with E-state index in [1.807, 2.05) is 0 Å². The number of rotatable bonds is 0. The molecule has 0 radical (unpaired) electrons. The van der Waals surface area contributed by atoms with Gasteiger partial charge in [0.1, 0.15) is 0 Å². The van der Waals surface area contributed by atoms with Gasteiger partial charge in [0.05, 0.1) is 0 Å². The molecule has 0 saturated heterocycles. The summed E-state index contributed by atoms with van der Waals surface area (Å²) in [6.07, 6.45) is 5.44. The molecular weight excluding hydrogens is 160 g/mol. The van der Waals surface area contributed by atoms with Gasteiger partial charge in [0.25, 0.3) is 5.79 Å². The topological polar surface area (TPSA) is 66.8 Å². The number of carbonyl (C=O) groups is 1. The van der Waals surface area contributed by atoms with E-state index in [1.165, 1.54) is 18.2 Å². The fourth-order valence-corrected chi connectivity index (χ4v) is 1.18. The predicted octanol–water partition coefficient (Wildman–Crippen LogP) is 0.170. The fourth-order valence-electron chi connectivity index (χ4n) is 1.18. The van der Waals surface area contributed by atoms with E-state index < -0.39 is 11.8 Å². The summed E-state index contributed by atoms with van der Waals surface area (Å²) >= 11 is 0. The quantitative estimate of drug-likeness (QED) is 0.503. The molecule has 0 bridgehead atoms. The molecule has 4 heteroatoms. The average Bonchev–Trinajstić information content (AvgIpc) is 2.27. The molecule has 1 heterocycles. The number of esters is 1. The van der Waals surface area contributed by atoms with Crippen molar-refractivity contribution < 1.29 is 19.7 Å². The highest BCUT2D eigenvalue weighted by Crippen LogP contribution is 2.34. The third kappa shape index (κ3) is 0.724. The van der Waals surface area contributed by atoms with Gasteiger partial charge in [-0.15, -0.1) is 0 Å². The molecule has 1 unspecified atom stereocenters.